The smallest absolute Gasteiger partial charge is 0.271 e. The fourth-order valence-electron chi connectivity index (χ4n) is 4.47. The molecular formula is C29H33N3O3. The molecule has 1 aliphatic rings. The summed E-state index contributed by atoms with van der Waals surface area (Å²) >= 11 is 0. The Kier molecular flexibility index (Phi) is 8.52. The zero-order chi connectivity index (χ0) is 24.5. The Morgan fingerprint density at radius 2 is 1.71 bits per heavy atom. The molecule has 6 nitrogen and oxygen atoms in total. The fraction of sp³-hybridized carbons (Fsp3) is 0.310. The van der Waals surface area contributed by atoms with Crippen molar-refractivity contribution in [1.82, 2.24) is 10.3 Å². The normalized spacial score (nSPS) is 14.7. The molecule has 1 heterocycles. The van der Waals surface area contributed by atoms with E-state index in [9.17, 15) is 4.79 Å². The molecule has 0 aliphatic carbocycles. The third kappa shape index (κ3) is 6.93. The highest BCUT2D eigenvalue weighted by molar-refractivity contribution is 5.95. The second kappa shape index (κ2) is 12.2. The Morgan fingerprint density at radius 1 is 0.971 bits per heavy atom. The van der Waals surface area contributed by atoms with Gasteiger partial charge in [0.1, 0.15) is 11.5 Å². The number of piperidine rings is 1. The van der Waals surface area contributed by atoms with Crippen LogP contribution in [0, 0.1) is 5.92 Å². The SMILES string of the molecule is COc1ccc(/C=N\NC(=O)c2ccc(CN3CCC(Cc4ccccc4)CC3)cc2)c(OC)c1. The van der Waals surface area contributed by atoms with E-state index in [1.807, 2.05) is 36.4 Å². The lowest BCUT2D eigenvalue weighted by Gasteiger charge is -2.32. The van der Waals surface area contributed by atoms with E-state index in [1.54, 1.807) is 26.5 Å². The van der Waals surface area contributed by atoms with Crippen molar-refractivity contribution in [2.24, 2.45) is 11.0 Å². The van der Waals surface area contributed by atoms with Crippen molar-refractivity contribution < 1.29 is 14.3 Å². The van der Waals surface area contributed by atoms with Crippen LogP contribution in [0.2, 0.25) is 0 Å². The lowest BCUT2D eigenvalue weighted by Crippen LogP contribution is -2.33. The quantitative estimate of drug-likeness (QED) is 0.355. The Balaban J connectivity index is 1.24. The van der Waals surface area contributed by atoms with Crippen molar-refractivity contribution in [1.29, 1.82) is 0 Å². The summed E-state index contributed by atoms with van der Waals surface area (Å²) in [6.45, 7) is 3.14. The number of carbonyl (C=O) groups excluding carboxylic acids is 1. The van der Waals surface area contributed by atoms with E-state index < -0.39 is 0 Å². The predicted octanol–water partition coefficient (Wildman–Crippen LogP) is 4.92. The van der Waals surface area contributed by atoms with Gasteiger partial charge in [-0.25, -0.2) is 5.43 Å². The van der Waals surface area contributed by atoms with E-state index in [-0.39, 0.29) is 5.91 Å². The standard InChI is InChI=1S/C29H33N3O3/c1-34-27-13-12-26(28(19-27)35-2)20-30-31-29(33)25-10-8-24(9-11-25)21-32-16-14-23(15-17-32)18-22-6-4-3-5-7-22/h3-13,19-20,23H,14-18,21H2,1-2H3,(H,31,33)/b30-20-. The van der Waals surface area contributed by atoms with Crippen molar-refractivity contribution >= 4 is 12.1 Å². The van der Waals surface area contributed by atoms with Crippen LogP contribution in [0.5, 0.6) is 11.5 Å². The van der Waals surface area contributed by atoms with Crippen LogP contribution in [0.25, 0.3) is 0 Å². The number of carbonyl (C=O) groups is 1. The number of rotatable bonds is 9. The highest BCUT2D eigenvalue weighted by Gasteiger charge is 2.19. The third-order valence-corrected chi connectivity index (χ3v) is 6.51. The largest absolute Gasteiger partial charge is 0.497 e. The highest BCUT2D eigenvalue weighted by atomic mass is 16.5. The van der Waals surface area contributed by atoms with Crippen LogP contribution in [0.3, 0.4) is 0 Å². The van der Waals surface area contributed by atoms with Crippen LogP contribution >= 0.6 is 0 Å². The van der Waals surface area contributed by atoms with E-state index >= 15 is 0 Å². The van der Waals surface area contributed by atoms with E-state index in [4.69, 9.17) is 9.47 Å². The number of methoxy groups -OCH3 is 2. The number of nitrogens with zero attached hydrogens (tertiary/aromatic N) is 2. The first-order valence-electron chi connectivity index (χ1n) is 12.0. The zero-order valence-corrected chi connectivity index (χ0v) is 20.4. The lowest BCUT2D eigenvalue weighted by atomic mass is 9.90. The van der Waals surface area contributed by atoms with Gasteiger partial charge in [-0.2, -0.15) is 5.10 Å². The number of benzene rings is 3. The molecule has 182 valence electrons. The lowest BCUT2D eigenvalue weighted by molar-refractivity contribution is 0.0955. The molecule has 0 aromatic heterocycles. The van der Waals surface area contributed by atoms with Crippen molar-refractivity contribution in [3.8, 4) is 11.5 Å². The molecule has 35 heavy (non-hydrogen) atoms. The molecule has 1 aliphatic heterocycles. The van der Waals surface area contributed by atoms with Gasteiger partial charge in [-0.15, -0.1) is 0 Å². The number of likely N-dealkylation sites (tertiary alicyclic amines) is 1. The minimum atomic E-state index is -0.248. The van der Waals surface area contributed by atoms with Crippen LogP contribution in [0.4, 0.5) is 0 Å². The summed E-state index contributed by atoms with van der Waals surface area (Å²) in [5, 5.41) is 4.08. The Labute approximate surface area is 207 Å². The maximum atomic E-state index is 12.5. The summed E-state index contributed by atoms with van der Waals surface area (Å²) in [6, 6.07) is 24.0. The van der Waals surface area contributed by atoms with E-state index in [1.165, 1.54) is 30.4 Å². The topological polar surface area (TPSA) is 63.2 Å². The van der Waals surface area contributed by atoms with Crippen molar-refractivity contribution in [3.63, 3.8) is 0 Å². The van der Waals surface area contributed by atoms with Crippen LogP contribution in [-0.2, 0) is 13.0 Å². The van der Waals surface area contributed by atoms with Crippen LogP contribution in [-0.4, -0.2) is 44.3 Å². The summed E-state index contributed by atoms with van der Waals surface area (Å²) in [6.07, 6.45) is 5.19. The summed E-state index contributed by atoms with van der Waals surface area (Å²) in [4.78, 5) is 15.0. The van der Waals surface area contributed by atoms with E-state index in [0.29, 0.717) is 17.1 Å². The first-order valence-corrected chi connectivity index (χ1v) is 12.0. The molecule has 4 rings (SSSR count). The molecule has 3 aromatic carbocycles. The van der Waals surface area contributed by atoms with Crippen molar-refractivity contribution in [3.05, 3.63) is 95.1 Å². The monoisotopic (exact) mass is 471 g/mol. The molecule has 0 bridgehead atoms. The first kappa shape index (κ1) is 24.5. The predicted molar refractivity (Wildman–Crippen MR) is 139 cm³/mol. The average molecular weight is 472 g/mol. The van der Waals surface area contributed by atoms with E-state index in [2.05, 4.69) is 45.8 Å². The molecule has 0 spiro atoms. The van der Waals surface area contributed by atoms with Gasteiger partial charge in [-0.05, 0) is 73.7 Å². The van der Waals surface area contributed by atoms with Gasteiger partial charge in [0.05, 0.1) is 20.4 Å². The van der Waals surface area contributed by atoms with Crippen LogP contribution in [0.1, 0.15) is 39.9 Å². The molecule has 0 unspecified atom stereocenters. The molecule has 1 N–H and O–H groups in total. The molecule has 3 aromatic rings. The maximum Gasteiger partial charge on any atom is 0.271 e. The Bertz CT molecular complexity index is 1120. The molecule has 1 amide bonds. The second-order valence-corrected chi connectivity index (χ2v) is 8.91. The minimum absolute atomic E-state index is 0.248. The number of hydrogen-bond acceptors (Lipinski definition) is 5. The number of nitrogens with one attached hydrogen (secondary N) is 1. The fourth-order valence-corrected chi connectivity index (χ4v) is 4.47. The Hall–Kier alpha value is -3.64. The van der Waals surface area contributed by atoms with Crippen LogP contribution < -0.4 is 14.9 Å². The third-order valence-electron chi connectivity index (χ3n) is 6.51. The van der Waals surface area contributed by atoms with Gasteiger partial charge >= 0.3 is 0 Å². The summed E-state index contributed by atoms with van der Waals surface area (Å²) in [5.41, 5.74) is 6.57. The second-order valence-electron chi connectivity index (χ2n) is 8.91. The maximum absolute atomic E-state index is 12.5. The molecule has 6 heteroatoms. The van der Waals surface area contributed by atoms with Gasteiger partial charge in [-0.1, -0.05) is 42.5 Å². The number of hydrazone groups is 1. The molecule has 1 fully saturated rings. The average Bonchev–Trinajstić information content (AvgIpc) is 2.91. The van der Waals surface area contributed by atoms with Gasteiger partial charge < -0.3 is 9.47 Å². The van der Waals surface area contributed by atoms with Crippen molar-refractivity contribution in [2.45, 2.75) is 25.8 Å². The zero-order valence-electron chi connectivity index (χ0n) is 20.4. The van der Waals surface area contributed by atoms with Gasteiger partial charge in [0.25, 0.3) is 5.91 Å². The van der Waals surface area contributed by atoms with Crippen LogP contribution in [0.15, 0.2) is 77.9 Å². The molecule has 0 atom stereocenters. The minimum Gasteiger partial charge on any atom is -0.497 e. The number of hydrogen-bond donors (Lipinski definition) is 1. The molecule has 1 saturated heterocycles. The Morgan fingerprint density at radius 3 is 2.40 bits per heavy atom. The van der Waals surface area contributed by atoms with Gasteiger partial charge in [0, 0.05) is 23.7 Å². The summed E-state index contributed by atoms with van der Waals surface area (Å²) in [7, 11) is 3.18. The van der Waals surface area contributed by atoms with Gasteiger partial charge in [-0.3, -0.25) is 9.69 Å². The summed E-state index contributed by atoms with van der Waals surface area (Å²) in [5.74, 6) is 1.83. The number of ether oxygens (including phenoxy) is 2. The highest BCUT2D eigenvalue weighted by Crippen LogP contribution is 2.24. The van der Waals surface area contributed by atoms with Gasteiger partial charge in [0.2, 0.25) is 0 Å². The molecular weight excluding hydrogens is 438 g/mol. The van der Waals surface area contributed by atoms with Gasteiger partial charge in [0.15, 0.2) is 0 Å². The van der Waals surface area contributed by atoms with E-state index in [0.717, 1.165) is 31.1 Å². The number of amides is 1. The summed E-state index contributed by atoms with van der Waals surface area (Å²) < 4.78 is 10.5. The molecule has 0 radical (unpaired) electrons. The first-order chi connectivity index (χ1) is 17.1. The molecule has 0 saturated carbocycles. The van der Waals surface area contributed by atoms with Crippen molar-refractivity contribution in [2.75, 3.05) is 27.3 Å².